The number of hydrogen-bond acceptors (Lipinski definition) is 7. The van der Waals surface area contributed by atoms with Crippen LogP contribution in [0.4, 0.5) is 5.69 Å². The van der Waals surface area contributed by atoms with Crippen molar-refractivity contribution in [2.24, 2.45) is 5.10 Å². The maximum Gasteiger partial charge on any atom is 0.329 e. The third-order valence-electron chi connectivity index (χ3n) is 5.49. The molecule has 0 atom stereocenters. The SMILES string of the molecule is Cc1cccc(C)c1NC(=O)COc1ccccc1/C=N/NC(=O)C(=O)NCc1ccc2c(c1)OCO2. The van der Waals surface area contributed by atoms with Gasteiger partial charge < -0.3 is 24.8 Å². The Morgan fingerprint density at radius 3 is 2.51 bits per heavy atom. The number of ether oxygens (including phenoxy) is 3. The summed E-state index contributed by atoms with van der Waals surface area (Å²) in [6.07, 6.45) is 1.34. The molecule has 1 aliphatic heterocycles. The molecule has 0 aromatic heterocycles. The van der Waals surface area contributed by atoms with Gasteiger partial charge in [-0.25, -0.2) is 5.43 Å². The first-order valence-corrected chi connectivity index (χ1v) is 11.5. The van der Waals surface area contributed by atoms with Gasteiger partial charge in [0.25, 0.3) is 5.91 Å². The zero-order valence-electron chi connectivity index (χ0n) is 20.4. The van der Waals surface area contributed by atoms with Gasteiger partial charge in [-0.3, -0.25) is 14.4 Å². The molecule has 0 aliphatic carbocycles. The minimum Gasteiger partial charge on any atom is -0.483 e. The van der Waals surface area contributed by atoms with E-state index in [2.05, 4.69) is 21.2 Å². The highest BCUT2D eigenvalue weighted by Gasteiger charge is 2.16. The van der Waals surface area contributed by atoms with Crippen molar-refractivity contribution in [1.29, 1.82) is 0 Å². The summed E-state index contributed by atoms with van der Waals surface area (Å²) in [4.78, 5) is 36.6. The molecule has 1 heterocycles. The Hall–Kier alpha value is -4.86. The van der Waals surface area contributed by atoms with Crippen molar-refractivity contribution < 1.29 is 28.6 Å². The summed E-state index contributed by atoms with van der Waals surface area (Å²) in [5.74, 6) is -0.468. The normalized spacial score (nSPS) is 11.7. The van der Waals surface area contributed by atoms with Gasteiger partial charge in [0.1, 0.15) is 5.75 Å². The van der Waals surface area contributed by atoms with Gasteiger partial charge in [0, 0.05) is 17.8 Å². The third-order valence-corrected chi connectivity index (χ3v) is 5.49. The van der Waals surface area contributed by atoms with Gasteiger partial charge in [-0.15, -0.1) is 0 Å². The van der Waals surface area contributed by atoms with Crippen LogP contribution in [0.3, 0.4) is 0 Å². The highest BCUT2D eigenvalue weighted by Crippen LogP contribution is 2.32. The van der Waals surface area contributed by atoms with Crippen molar-refractivity contribution in [2.45, 2.75) is 20.4 Å². The average Bonchev–Trinajstić information content (AvgIpc) is 3.37. The van der Waals surface area contributed by atoms with Crippen LogP contribution in [0.25, 0.3) is 0 Å². The van der Waals surface area contributed by atoms with Crippen molar-refractivity contribution >= 4 is 29.6 Å². The molecular weight excluding hydrogens is 476 g/mol. The number of hydrazone groups is 1. The molecule has 3 aromatic carbocycles. The van der Waals surface area contributed by atoms with Crippen LogP contribution in [0.15, 0.2) is 65.8 Å². The maximum absolute atomic E-state index is 12.4. The van der Waals surface area contributed by atoms with Gasteiger partial charge in [-0.1, -0.05) is 36.4 Å². The summed E-state index contributed by atoms with van der Waals surface area (Å²) in [7, 11) is 0. The molecule has 10 nitrogen and oxygen atoms in total. The molecule has 0 saturated carbocycles. The summed E-state index contributed by atoms with van der Waals surface area (Å²) in [6, 6.07) is 17.9. The van der Waals surface area contributed by atoms with Gasteiger partial charge in [0.15, 0.2) is 18.1 Å². The number of fused-ring (bicyclic) bond motifs is 1. The largest absolute Gasteiger partial charge is 0.483 e. The number of amides is 3. The number of carbonyl (C=O) groups excluding carboxylic acids is 3. The van der Waals surface area contributed by atoms with Crippen LogP contribution in [0.1, 0.15) is 22.3 Å². The lowest BCUT2D eigenvalue weighted by atomic mass is 10.1. The predicted octanol–water partition coefficient (Wildman–Crippen LogP) is 2.82. The fourth-order valence-corrected chi connectivity index (χ4v) is 3.57. The molecule has 3 aromatic rings. The highest BCUT2D eigenvalue weighted by molar-refractivity contribution is 6.35. The number of carbonyl (C=O) groups is 3. The summed E-state index contributed by atoms with van der Waals surface area (Å²) in [5, 5.41) is 9.22. The van der Waals surface area contributed by atoms with Gasteiger partial charge in [0.05, 0.1) is 6.21 Å². The second kappa shape index (κ2) is 11.7. The average molecular weight is 503 g/mol. The van der Waals surface area contributed by atoms with Crippen LogP contribution in [0.2, 0.25) is 0 Å². The van der Waals surface area contributed by atoms with Crippen LogP contribution in [0.5, 0.6) is 17.2 Å². The van der Waals surface area contributed by atoms with Crippen LogP contribution < -0.4 is 30.3 Å². The van der Waals surface area contributed by atoms with Gasteiger partial charge >= 0.3 is 11.8 Å². The number of nitrogens with one attached hydrogen (secondary N) is 3. The Balaban J connectivity index is 1.27. The van der Waals surface area contributed by atoms with Crippen molar-refractivity contribution in [1.82, 2.24) is 10.7 Å². The minimum atomic E-state index is -0.927. The molecule has 4 rings (SSSR count). The minimum absolute atomic E-state index is 0.132. The van der Waals surface area contributed by atoms with E-state index in [-0.39, 0.29) is 25.9 Å². The fraction of sp³-hybridized carbons (Fsp3) is 0.185. The van der Waals surface area contributed by atoms with E-state index < -0.39 is 11.8 Å². The van der Waals surface area contributed by atoms with Crippen molar-refractivity contribution in [3.8, 4) is 17.2 Å². The lowest BCUT2D eigenvalue weighted by molar-refractivity contribution is -0.139. The highest BCUT2D eigenvalue weighted by atomic mass is 16.7. The molecule has 10 heteroatoms. The zero-order chi connectivity index (χ0) is 26.2. The summed E-state index contributed by atoms with van der Waals surface area (Å²) in [5.41, 5.74) is 6.12. The predicted molar refractivity (Wildman–Crippen MR) is 137 cm³/mol. The fourth-order valence-electron chi connectivity index (χ4n) is 3.57. The standard InChI is InChI=1S/C27H26N4O6/c1-17-6-5-7-18(2)25(17)30-24(32)15-35-21-9-4-3-8-20(21)14-29-31-27(34)26(33)28-13-19-10-11-22-23(12-19)37-16-36-22/h3-12,14H,13,15-16H2,1-2H3,(H,28,33)(H,30,32)(H,31,34)/b29-14+. The number of para-hydroxylation sites is 2. The van der Waals surface area contributed by atoms with E-state index in [0.29, 0.717) is 22.8 Å². The van der Waals surface area contributed by atoms with Gasteiger partial charge in [-0.05, 0) is 54.8 Å². The molecule has 190 valence electrons. The topological polar surface area (TPSA) is 127 Å². The van der Waals surface area contributed by atoms with Gasteiger partial charge in [0.2, 0.25) is 6.79 Å². The molecule has 3 N–H and O–H groups in total. The molecule has 0 saturated heterocycles. The number of aryl methyl sites for hydroxylation is 2. The maximum atomic E-state index is 12.4. The molecule has 0 radical (unpaired) electrons. The van der Waals surface area contributed by atoms with Crippen LogP contribution in [-0.2, 0) is 20.9 Å². The molecule has 0 bridgehead atoms. The Morgan fingerprint density at radius 2 is 1.70 bits per heavy atom. The van der Waals surface area contributed by atoms with Crippen LogP contribution in [0, 0.1) is 13.8 Å². The third kappa shape index (κ3) is 6.63. The summed E-state index contributed by atoms with van der Waals surface area (Å²) >= 11 is 0. The van der Waals surface area contributed by atoms with E-state index in [1.165, 1.54) is 6.21 Å². The van der Waals surface area contributed by atoms with Crippen molar-refractivity contribution in [2.75, 3.05) is 18.7 Å². The van der Waals surface area contributed by atoms with Crippen LogP contribution in [-0.4, -0.2) is 37.3 Å². The molecular formula is C27H26N4O6. The van der Waals surface area contributed by atoms with E-state index in [1.807, 2.05) is 32.0 Å². The zero-order valence-corrected chi connectivity index (χ0v) is 20.4. The van der Waals surface area contributed by atoms with E-state index >= 15 is 0 Å². The Kier molecular flexibility index (Phi) is 7.99. The second-order valence-electron chi connectivity index (χ2n) is 8.21. The molecule has 37 heavy (non-hydrogen) atoms. The number of benzene rings is 3. The van der Waals surface area contributed by atoms with Gasteiger partial charge in [-0.2, -0.15) is 5.10 Å². The van der Waals surface area contributed by atoms with E-state index in [1.54, 1.807) is 42.5 Å². The van der Waals surface area contributed by atoms with E-state index in [9.17, 15) is 14.4 Å². The summed E-state index contributed by atoms with van der Waals surface area (Å²) < 4.78 is 16.2. The Bertz CT molecular complexity index is 1330. The number of hydrogen-bond donors (Lipinski definition) is 3. The first-order chi connectivity index (χ1) is 17.9. The van der Waals surface area contributed by atoms with E-state index in [4.69, 9.17) is 14.2 Å². The first-order valence-electron chi connectivity index (χ1n) is 11.5. The molecule has 0 fully saturated rings. The van der Waals surface area contributed by atoms with Crippen molar-refractivity contribution in [3.63, 3.8) is 0 Å². The van der Waals surface area contributed by atoms with E-state index in [0.717, 1.165) is 22.4 Å². The first kappa shape index (κ1) is 25.2. The lowest BCUT2D eigenvalue weighted by Crippen LogP contribution is -2.37. The molecule has 0 spiro atoms. The number of nitrogens with zero attached hydrogens (tertiary/aromatic N) is 1. The molecule has 0 unspecified atom stereocenters. The monoisotopic (exact) mass is 502 g/mol. The smallest absolute Gasteiger partial charge is 0.329 e. The summed E-state index contributed by atoms with van der Waals surface area (Å²) in [6.45, 7) is 3.91. The van der Waals surface area contributed by atoms with Crippen LogP contribution >= 0.6 is 0 Å². The number of rotatable bonds is 8. The number of anilines is 1. The second-order valence-corrected chi connectivity index (χ2v) is 8.21. The van der Waals surface area contributed by atoms with Crippen molar-refractivity contribution in [3.05, 3.63) is 82.9 Å². The molecule has 3 amide bonds. The quantitative estimate of drug-likeness (QED) is 0.247. The molecule has 1 aliphatic rings. The lowest BCUT2D eigenvalue weighted by Gasteiger charge is -2.13. The Labute approximate surface area is 213 Å². The Morgan fingerprint density at radius 1 is 0.946 bits per heavy atom.